The van der Waals surface area contributed by atoms with E-state index >= 15 is 0 Å². The van der Waals surface area contributed by atoms with Gasteiger partial charge < -0.3 is 10.6 Å². The van der Waals surface area contributed by atoms with E-state index < -0.39 is 4.92 Å². The second kappa shape index (κ2) is 6.81. The van der Waals surface area contributed by atoms with Gasteiger partial charge in [-0.15, -0.1) is 0 Å². The minimum absolute atomic E-state index is 0.124. The van der Waals surface area contributed by atoms with E-state index in [4.69, 9.17) is 0 Å². The number of nitrogens with zero attached hydrogens (tertiary/aromatic N) is 3. The topological polar surface area (TPSA) is 93.0 Å². The molecule has 0 aliphatic carbocycles. The fraction of sp³-hybridized carbons (Fsp3) is 0.167. The lowest BCUT2D eigenvalue weighted by molar-refractivity contribution is -0.383. The third kappa shape index (κ3) is 3.48. The van der Waals surface area contributed by atoms with Crippen LogP contribution in [0.4, 0.5) is 23.0 Å². The Hall–Kier alpha value is -1.74. The zero-order valence-corrected chi connectivity index (χ0v) is 14.1. The quantitative estimate of drug-likeness (QED) is 0.563. The van der Waals surface area contributed by atoms with Gasteiger partial charge in [-0.2, -0.15) is 0 Å². The summed E-state index contributed by atoms with van der Waals surface area (Å²) in [5.74, 6) is 0.307. The number of rotatable bonds is 5. The van der Waals surface area contributed by atoms with Gasteiger partial charge in [-0.1, -0.05) is 6.07 Å². The number of nitrogens with one attached hydrogen (secondary N) is 2. The first-order chi connectivity index (χ1) is 10.0. The zero-order valence-electron chi connectivity index (χ0n) is 10.9. The van der Waals surface area contributed by atoms with E-state index in [1.54, 1.807) is 0 Å². The smallest absolute Gasteiger partial charge is 0.353 e. The van der Waals surface area contributed by atoms with Crippen LogP contribution in [0, 0.1) is 10.1 Å². The maximum Gasteiger partial charge on any atom is 0.353 e. The Morgan fingerprint density at radius 1 is 1.24 bits per heavy atom. The molecule has 2 aromatic rings. The number of para-hydroxylation sites is 1. The van der Waals surface area contributed by atoms with Gasteiger partial charge in [-0.3, -0.25) is 10.1 Å². The Bertz CT molecular complexity index is 660. The van der Waals surface area contributed by atoms with Crippen molar-refractivity contribution in [3.63, 3.8) is 0 Å². The second-order valence-electron chi connectivity index (χ2n) is 3.93. The van der Waals surface area contributed by atoms with Gasteiger partial charge >= 0.3 is 5.69 Å². The molecule has 0 bridgehead atoms. The molecule has 0 unspecified atom stereocenters. The van der Waals surface area contributed by atoms with Crippen LogP contribution in [0.3, 0.4) is 0 Å². The molecule has 1 aromatic carbocycles. The van der Waals surface area contributed by atoms with Gasteiger partial charge in [0.2, 0.25) is 11.6 Å². The molecule has 1 aromatic heterocycles. The van der Waals surface area contributed by atoms with Crippen LogP contribution >= 0.6 is 31.9 Å². The maximum atomic E-state index is 11.3. The van der Waals surface area contributed by atoms with Gasteiger partial charge in [0, 0.05) is 15.5 Å². The first kappa shape index (κ1) is 15.6. The van der Waals surface area contributed by atoms with Gasteiger partial charge in [0.25, 0.3) is 0 Å². The molecule has 0 saturated carbocycles. The van der Waals surface area contributed by atoms with Gasteiger partial charge in [0.1, 0.15) is 6.33 Å². The normalized spacial score (nSPS) is 10.2. The molecule has 7 nitrogen and oxygen atoms in total. The summed E-state index contributed by atoms with van der Waals surface area (Å²) in [6.45, 7) is 2.36. The van der Waals surface area contributed by atoms with E-state index in [1.165, 1.54) is 6.33 Å². The largest absolute Gasteiger partial charge is 0.364 e. The SMILES string of the molecule is CCNc1ncnc(Nc2c(Br)cccc2Br)c1[N+](=O)[O-]. The molecule has 0 atom stereocenters. The summed E-state index contributed by atoms with van der Waals surface area (Å²) in [7, 11) is 0. The number of hydrogen-bond acceptors (Lipinski definition) is 6. The predicted molar refractivity (Wildman–Crippen MR) is 88.0 cm³/mol. The molecule has 9 heteroatoms. The van der Waals surface area contributed by atoms with Crippen LogP contribution < -0.4 is 10.6 Å². The van der Waals surface area contributed by atoms with E-state index in [2.05, 4.69) is 52.5 Å². The third-order valence-corrected chi connectivity index (χ3v) is 3.88. The molecular weight excluding hydrogens is 406 g/mol. The van der Waals surface area contributed by atoms with Crippen molar-refractivity contribution in [3.05, 3.63) is 43.6 Å². The summed E-state index contributed by atoms with van der Waals surface area (Å²) >= 11 is 6.79. The summed E-state index contributed by atoms with van der Waals surface area (Å²) in [6.07, 6.45) is 1.28. The molecule has 110 valence electrons. The Kier molecular flexibility index (Phi) is 5.07. The van der Waals surface area contributed by atoms with Crippen LogP contribution in [0.1, 0.15) is 6.92 Å². The Morgan fingerprint density at radius 2 is 1.86 bits per heavy atom. The molecule has 0 amide bonds. The van der Waals surface area contributed by atoms with Crippen molar-refractivity contribution >= 4 is 54.9 Å². The molecular formula is C12H11Br2N5O2. The van der Waals surface area contributed by atoms with Crippen molar-refractivity contribution in [2.24, 2.45) is 0 Å². The van der Waals surface area contributed by atoms with E-state index in [0.29, 0.717) is 12.2 Å². The van der Waals surface area contributed by atoms with Gasteiger partial charge in [0.05, 0.1) is 10.6 Å². The molecule has 0 fully saturated rings. The highest BCUT2D eigenvalue weighted by atomic mass is 79.9. The number of halogens is 2. The first-order valence-electron chi connectivity index (χ1n) is 5.99. The summed E-state index contributed by atoms with van der Waals surface area (Å²) in [5, 5.41) is 17.1. The highest BCUT2D eigenvalue weighted by molar-refractivity contribution is 9.11. The molecule has 0 aliphatic heterocycles. The Balaban J connectivity index is 2.49. The number of aromatic nitrogens is 2. The highest BCUT2D eigenvalue weighted by Gasteiger charge is 2.23. The lowest BCUT2D eigenvalue weighted by Gasteiger charge is -2.11. The minimum Gasteiger partial charge on any atom is -0.364 e. The summed E-state index contributed by atoms with van der Waals surface area (Å²) in [5.41, 5.74) is 0.462. The van der Waals surface area contributed by atoms with Crippen LogP contribution in [0.25, 0.3) is 0 Å². The van der Waals surface area contributed by atoms with Crippen LogP contribution in [0.2, 0.25) is 0 Å². The predicted octanol–water partition coefficient (Wildman–Crippen LogP) is 4.09. The van der Waals surface area contributed by atoms with Crippen LogP contribution in [0.5, 0.6) is 0 Å². The molecule has 0 aliphatic rings. The minimum atomic E-state index is -0.509. The van der Waals surface area contributed by atoms with Crippen molar-refractivity contribution in [2.75, 3.05) is 17.2 Å². The number of anilines is 3. The lowest BCUT2D eigenvalue weighted by atomic mass is 10.3. The van der Waals surface area contributed by atoms with Crippen molar-refractivity contribution < 1.29 is 4.92 Å². The van der Waals surface area contributed by atoms with Gasteiger partial charge in [-0.05, 0) is 50.9 Å². The summed E-state index contributed by atoms with van der Waals surface area (Å²) in [6, 6.07) is 5.49. The molecule has 2 N–H and O–H groups in total. The zero-order chi connectivity index (χ0) is 15.4. The molecule has 0 radical (unpaired) electrons. The summed E-state index contributed by atoms with van der Waals surface area (Å²) in [4.78, 5) is 18.7. The van der Waals surface area contributed by atoms with E-state index in [0.717, 1.165) is 8.95 Å². The Morgan fingerprint density at radius 3 is 2.43 bits per heavy atom. The fourth-order valence-corrected chi connectivity index (χ4v) is 2.87. The van der Waals surface area contributed by atoms with Crippen molar-refractivity contribution in [1.29, 1.82) is 0 Å². The first-order valence-corrected chi connectivity index (χ1v) is 7.57. The van der Waals surface area contributed by atoms with Crippen LogP contribution in [0.15, 0.2) is 33.5 Å². The van der Waals surface area contributed by atoms with Gasteiger partial charge in [0.15, 0.2) is 0 Å². The van der Waals surface area contributed by atoms with E-state index in [9.17, 15) is 10.1 Å². The second-order valence-corrected chi connectivity index (χ2v) is 5.64. The van der Waals surface area contributed by atoms with E-state index in [1.807, 2.05) is 25.1 Å². The number of benzene rings is 1. The Labute approximate surface area is 137 Å². The number of nitro groups is 1. The standard InChI is InChI=1S/C12H11Br2N5O2/c1-2-15-11-10(19(20)21)12(17-6-16-11)18-9-7(13)4-3-5-8(9)14/h3-6H,2H2,1H3,(H2,15,16,17,18). The molecule has 21 heavy (non-hydrogen) atoms. The molecule has 0 spiro atoms. The maximum absolute atomic E-state index is 11.3. The fourth-order valence-electron chi connectivity index (χ4n) is 1.68. The number of hydrogen-bond donors (Lipinski definition) is 2. The van der Waals surface area contributed by atoms with Crippen molar-refractivity contribution in [1.82, 2.24) is 9.97 Å². The summed E-state index contributed by atoms with van der Waals surface area (Å²) < 4.78 is 1.52. The van der Waals surface area contributed by atoms with Crippen LogP contribution in [-0.2, 0) is 0 Å². The van der Waals surface area contributed by atoms with Crippen LogP contribution in [-0.4, -0.2) is 21.4 Å². The third-order valence-electron chi connectivity index (χ3n) is 2.56. The van der Waals surface area contributed by atoms with Crippen molar-refractivity contribution in [2.45, 2.75) is 6.92 Å². The average molecular weight is 417 g/mol. The monoisotopic (exact) mass is 415 g/mol. The molecule has 2 rings (SSSR count). The average Bonchev–Trinajstić information content (AvgIpc) is 2.43. The molecule has 1 heterocycles. The van der Waals surface area contributed by atoms with Crippen molar-refractivity contribution in [3.8, 4) is 0 Å². The highest BCUT2D eigenvalue weighted by Crippen LogP contribution is 2.36. The van der Waals surface area contributed by atoms with Gasteiger partial charge in [-0.25, -0.2) is 9.97 Å². The molecule has 0 saturated heterocycles. The van der Waals surface area contributed by atoms with E-state index in [-0.39, 0.29) is 17.3 Å². The lowest BCUT2D eigenvalue weighted by Crippen LogP contribution is -2.08.